The molecule has 10 heteroatoms. The van der Waals surface area contributed by atoms with E-state index in [9.17, 15) is 17.6 Å². The van der Waals surface area contributed by atoms with Crippen LogP contribution in [0.4, 0.5) is 15.2 Å². The lowest BCUT2D eigenvalue weighted by molar-refractivity contribution is 0.102. The summed E-state index contributed by atoms with van der Waals surface area (Å²) in [6.45, 7) is 3.89. The van der Waals surface area contributed by atoms with Crippen LogP contribution in [0.5, 0.6) is 0 Å². The Bertz CT molecular complexity index is 1160. The lowest BCUT2D eigenvalue weighted by Gasteiger charge is -2.11. The second-order valence-electron chi connectivity index (χ2n) is 6.09. The van der Waals surface area contributed by atoms with Crippen molar-refractivity contribution in [2.75, 3.05) is 10.0 Å². The normalized spacial score (nSPS) is 11.3. The molecule has 0 radical (unpaired) electrons. The zero-order valence-corrected chi connectivity index (χ0v) is 17.9. The molecular weight excluding hydrogens is 437 g/mol. The molecule has 0 unspecified atom stereocenters. The molecular formula is C19H17ClFN3O3S2. The first kappa shape index (κ1) is 21.2. The largest absolute Gasteiger partial charge is 0.298 e. The number of benzene rings is 2. The quantitative estimate of drug-likeness (QED) is 0.557. The molecule has 0 spiro atoms. The Balaban J connectivity index is 1.86. The van der Waals surface area contributed by atoms with Gasteiger partial charge in [0.15, 0.2) is 5.13 Å². The highest BCUT2D eigenvalue weighted by Crippen LogP contribution is 2.27. The predicted molar refractivity (Wildman–Crippen MR) is 113 cm³/mol. The summed E-state index contributed by atoms with van der Waals surface area (Å²) in [4.78, 5) is 17.7. The molecule has 29 heavy (non-hydrogen) atoms. The van der Waals surface area contributed by atoms with Crippen molar-refractivity contribution in [2.45, 2.75) is 25.2 Å². The molecule has 2 aromatic carbocycles. The van der Waals surface area contributed by atoms with Gasteiger partial charge in [-0.05, 0) is 55.8 Å². The minimum Gasteiger partial charge on any atom is -0.298 e. The SMILES string of the molecule is CCc1nc(NC(=O)c2ccc(Cl)c(S(=O)(=O)Nc3ccc(F)cc3)c2)sc1C. The lowest BCUT2D eigenvalue weighted by atomic mass is 10.2. The molecule has 6 nitrogen and oxygen atoms in total. The first-order chi connectivity index (χ1) is 13.7. The van der Waals surface area contributed by atoms with Crippen LogP contribution in [-0.2, 0) is 16.4 Å². The van der Waals surface area contributed by atoms with Crippen LogP contribution in [0, 0.1) is 12.7 Å². The molecule has 3 rings (SSSR count). The number of aromatic nitrogens is 1. The van der Waals surface area contributed by atoms with Crippen LogP contribution in [0.15, 0.2) is 47.4 Å². The fourth-order valence-corrected chi connectivity index (χ4v) is 5.04. The summed E-state index contributed by atoms with van der Waals surface area (Å²) in [5, 5.41) is 3.07. The zero-order valence-electron chi connectivity index (χ0n) is 15.5. The molecule has 1 amide bonds. The van der Waals surface area contributed by atoms with Crippen molar-refractivity contribution < 1.29 is 17.6 Å². The van der Waals surface area contributed by atoms with Crippen LogP contribution >= 0.6 is 22.9 Å². The molecule has 152 valence electrons. The number of aryl methyl sites for hydroxylation is 2. The molecule has 0 bridgehead atoms. The molecule has 0 saturated heterocycles. The molecule has 0 atom stereocenters. The van der Waals surface area contributed by atoms with Crippen LogP contribution in [0.25, 0.3) is 0 Å². The molecule has 2 N–H and O–H groups in total. The average Bonchev–Trinajstić information content (AvgIpc) is 3.02. The maximum atomic E-state index is 13.0. The number of rotatable bonds is 6. The minimum absolute atomic E-state index is 0.0467. The Labute approximate surface area is 176 Å². The summed E-state index contributed by atoms with van der Waals surface area (Å²) >= 11 is 7.41. The van der Waals surface area contributed by atoms with Crippen LogP contribution in [0.1, 0.15) is 27.9 Å². The fourth-order valence-electron chi connectivity index (χ4n) is 2.56. The number of hydrogen-bond acceptors (Lipinski definition) is 5. The van der Waals surface area contributed by atoms with E-state index < -0.39 is 21.7 Å². The summed E-state index contributed by atoms with van der Waals surface area (Å²) in [7, 11) is -4.09. The van der Waals surface area contributed by atoms with Crippen LogP contribution in [0.3, 0.4) is 0 Å². The minimum atomic E-state index is -4.09. The van der Waals surface area contributed by atoms with E-state index in [1.165, 1.54) is 41.7 Å². The fraction of sp³-hybridized carbons (Fsp3) is 0.158. The third-order valence-electron chi connectivity index (χ3n) is 4.03. The van der Waals surface area contributed by atoms with Gasteiger partial charge in [-0.25, -0.2) is 17.8 Å². The van der Waals surface area contributed by atoms with Gasteiger partial charge in [0.1, 0.15) is 10.7 Å². The molecule has 0 fully saturated rings. The highest BCUT2D eigenvalue weighted by molar-refractivity contribution is 7.92. The third kappa shape index (κ3) is 4.92. The standard InChI is InChI=1S/C19H17ClFN3O3S2/c1-3-16-11(2)28-19(22-16)23-18(25)12-4-9-15(20)17(10-12)29(26,27)24-14-7-5-13(21)6-8-14/h4-10,24H,3H2,1-2H3,(H,22,23,25). The number of sulfonamides is 1. The van der Waals surface area contributed by atoms with E-state index in [1.807, 2.05) is 13.8 Å². The Morgan fingerprint density at radius 1 is 1.21 bits per heavy atom. The highest BCUT2D eigenvalue weighted by Gasteiger charge is 2.21. The van der Waals surface area contributed by atoms with Gasteiger partial charge >= 0.3 is 0 Å². The monoisotopic (exact) mass is 453 g/mol. The van der Waals surface area contributed by atoms with Crippen LogP contribution < -0.4 is 10.0 Å². The third-order valence-corrected chi connectivity index (χ3v) is 6.82. The van der Waals surface area contributed by atoms with E-state index in [0.717, 1.165) is 29.1 Å². The number of nitrogens with zero attached hydrogens (tertiary/aromatic N) is 1. The summed E-state index contributed by atoms with van der Waals surface area (Å²) in [6.07, 6.45) is 0.747. The van der Waals surface area contributed by atoms with Gasteiger partial charge in [-0.2, -0.15) is 0 Å². The van der Waals surface area contributed by atoms with E-state index in [-0.39, 0.29) is 21.2 Å². The van der Waals surface area contributed by atoms with Crippen molar-refractivity contribution in [1.29, 1.82) is 0 Å². The first-order valence-electron chi connectivity index (χ1n) is 8.55. The number of carbonyl (C=O) groups excluding carboxylic acids is 1. The Morgan fingerprint density at radius 2 is 1.90 bits per heavy atom. The predicted octanol–water partition coefficient (Wildman–Crippen LogP) is 4.86. The molecule has 1 aromatic heterocycles. The van der Waals surface area contributed by atoms with Gasteiger partial charge in [-0.1, -0.05) is 18.5 Å². The van der Waals surface area contributed by atoms with Crippen LogP contribution in [0.2, 0.25) is 5.02 Å². The Hall–Kier alpha value is -2.49. The second-order valence-corrected chi connectivity index (χ2v) is 9.35. The van der Waals surface area contributed by atoms with E-state index in [2.05, 4.69) is 15.0 Å². The van der Waals surface area contributed by atoms with Crippen molar-refractivity contribution in [3.05, 3.63) is 69.4 Å². The van der Waals surface area contributed by atoms with Crippen molar-refractivity contribution in [2.24, 2.45) is 0 Å². The Morgan fingerprint density at radius 3 is 2.52 bits per heavy atom. The zero-order chi connectivity index (χ0) is 21.2. The number of carbonyl (C=O) groups is 1. The topological polar surface area (TPSA) is 88.2 Å². The molecule has 3 aromatic rings. The van der Waals surface area contributed by atoms with E-state index in [1.54, 1.807) is 0 Å². The van der Waals surface area contributed by atoms with Crippen molar-refractivity contribution in [1.82, 2.24) is 4.98 Å². The smallest absolute Gasteiger partial charge is 0.263 e. The number of amides is 1. The molecule has 0 aliphatic heterocycles. The molecule has 1 heterocycles. The van der Waals surface area contributed by atoms with Crippen molar-refractivity contribution in [3.8, 4) is 0 Å². The Kier molecular flexibility index (Phi) is 6.21. The second kappa shape index (κ2) is 8.48. The summed E-state index contributed by atoms with van der Waals surface area (Å²) < 4.78 is 40.7. The van der Waals surface area contributed by atoms with Gasteiger partial charge in [-0.15, -0.1) is 11.3 Å². The van der Waals surface area contributed by atoms with Crippen molar-refractivity contribution >= 4 is 49.7 Å². The van der Waals surface area contributed by atoms with Gasteiger partial charge in [0.25, 0.3) is 15.9 Å². The van der Waals surface area contributed by atoms with Gasteiger partial charge in [0.2, 0.25) is 0 Å². The summed E-state index contributed by atoms with van der Waals surface area (Å²) in [5.74, 6) is -0.996. The van der Waals surface area contributed by atoms with Gasteiger partial charge in [0.05, 0.1) is 10.7 Å². The van der Waals surface area contributed by atoms with Gasteiger partial charge < -0.3 is 0 Å². The average molecular weight is 454 g/mol. The first-order valence-corrected chi connectivity index (χ1v) is 11.2. The maximum Gasteiger partial charge on any atom is 0.263 e. The van der Waals surface area contributed by atoms with E-state index >= 15 is 0 Å². The highest BCUT2D eigenvalue weighted by atomic mass is 35.5. The lowest BCUT2D eigenvalue weighted by Crippen LogP contribution is -2.16. The number of anilines is 2. The number of thiazole rings is 1. The number of nitrogens with one attached hydrogen (secondary N) is 2. The summed E-state index contributed by atoms with van der Waals surface area (Å²) in [6, 6.07) is 8.77. The van der Waals surface area contributed by atoms with E-state index in [0.29, 0.717) is 5.13 Å². The molecule has 0 aliphatic carbocycles. The van der Waals surface area contributed by atoms with Gasteiger partial charge in [-0.3, -0.25) is 14.8 Å². The molecule has 0 saturated carbocycles. The van der Waals surface area contributed by atoms with Gasteiger partial charge in [0, 0.05) is 16.1 Å². The number of halogens is 2. The number of hydrogen-bond donors (Lipinski definition) is 2. The molecule has 0 aliphatic rings. The van der Waals surface area contributed by atoms with Crippen LogP contribution in [-0.4, -0.2) is 19.3 Å². The maximum absolute atomic E-state index is 13.0. The van der Waals surface area contributed by atoms with Crippen molar-refractivity contribution in [3.63, 3.8) is 0 Å². The summed E-state index contributed by atoms with van der Waals surface area (Å²) in [5.41, 5.74) is 1.18. The van der Waals surface area contributed by atoms with E-state index in [4.69, 9.17) is 11.6 Å².